The minimum absolute atomic E-state index is 0.0361. The molecule has 2 unspecified atom stereocenters. The first kappa shape index (κ1) is 12.1. The van der Waals surface area contributed by atoms with Gasteiger partial charge in [0, 0.05) is 12.6 Å². The monoisotopic (exact) mass is 258 g/mol. The number of pyridine rings is 1. The zero-order chi connectivity index (χ0) is 13.2. The second-order valence-electron chi connectivity index (χ2n) is 4.67. The molecular formula is C15H15FN2O. The Hall–Kier alpha value is -1.94. The number of para-hydroxylation sites is 1. The fourth-order valence-electron chi connectivity index (χ4n) is 2.56. The molecule has 19 heavy (non-hydrogen) atoms. The molecular weight excluding hydrogens is 243 g/mol. The minimum atomic E-state index is -0.326. The van der Waals surface area contributed by atoms with E-state index in [-0.39, 0.29) is 18.0 Å². The molecule has 0 spiro atoms. The molecule has 2 atom stereocenters. The first-order valence-corrected chi connectivity index (χ1v) is 6.30. The number of hydrogen-bond acceptors (Lipinski definition) is 3. The SMILES string of the molecule is CNC(c1cncc(F)c1)C1Cc2ccccc2O1. The molecule has 1 aromatic heterocycles. The summed E-state index contributed by atoms with van der Waals surface area (Å²) in [6.07, 6.45) is 3.67. The maximum atomic E-state index is 13.3. The first-order valence-electron chi connectivity index (χ1n) is 6.30. The van der Waals surface area contributed by atoms with E-state index in [1.54, 1.807) is 6.20 Å². The van der Waals surface area contributed by atoms with Crippen molar-refractivity contribution in [1.82, 2.24) is 10.3 Å². The molecule has 0 saturated carbocycles. The Morgan fingerprint density at radius 3 is 2.95 bits per heavy atom. The quantitative estimate of drug-likeness (QED) is 0.918. The van der Waals surface area contributed by atoms with Gasteiger partial charge in [0.05, 0.1) is 12.2 Å². The summed E-state index contributed by atoms with van der Waals surface area (Å²) in [5, 5.41) is 3.19. The maximum Gasteiger partial charge on any atom is 0.141 e. The zero-order valence-corrected chi connectivity index (χ0v) is 10.6. The van der Waals surface area contributed by atoms with Gasteiger partial charge in [-0.1, -0.05) is 18.2 Å². The Morgan fingerprint density at radius 2 is 2.21 bits per heavy atom. The lowest BCUT2D eigenvalue weighted by Gasteiger charge is -2.22. The molecule has 1 aromatic carbocycles. The summed E-state index contributed by atoms with van der Waals surface area (Å²) >= 11 is 0. The smallest absolute Gasteiger partial charge is 0.141 e. The van der Waals surface area contributed by atoms with Crippen molar-refractivity contribution >= 4 is 0 Å². The lowest BCUT2D eigenvalue weighted by Crippen LogP contribution is -2.32. The standard InChI is InChI=1S/C15H15FN2O/c1-17-15(11-6-12(16)9-18-8-11)14-7-10-4-2-3-5-13(10)19-14/h2-6,8-9,14-15,17H,7H2,1H3. The first-order chi connectivity index (χ1) is 9.28. The second kappa shape index (κ2) is 4.97. The van der Waals surface area contributed by atoms with Crippen LogP contribution in [0.5, 0.6) is 5.75 Å². The van der Waals surface area contributed by atoms with Gasteiger partial charge in [-0.15, -0.1) is 0 Å². The lowest BCUT2D eigenvalue weighted by molar-refractivity contribution is 0.183. The molecule has 1 aliphatic heterocycles. The van der Waals surface area contributed by atoms with Gasteiger partial charge in [0.15, 0.2) is 0 Å². The van der Waals surface area contributed by atoms with Gasteiger partial charge < -0.3 is 10.1 Å². The van der Waals surface area contributed by atoms with Crippen molar-refractivity contribution in [2.75, 3.05) is 7.05 Å². The molecule has 98 valence electrons. The number of nitrogens with zero attached hydrogens (tertiary/aromatic N) is 1. The molecule has 0 saturated heterocycles. The summed E-state index contributed by atoms with van der Waals surface area (Å²) in [4.78, 5) is 3.90. The third kappa shape index (κ3) is 2.31. The topological polar surface area (TPSA) is 34.2 Å². The number of hydrogen-bond donors (Lipinski definition) is 1. The summed E-state index contributed by atoms with van der Waals surface area (Å²) in [7, 11) is 1.85. The summed E-state index contributed by atoms with van der Waals surface area (Å²) in [5.74, 6) is 0.588. The van der Waals surface area contributed by atoms with Crippen molar-refractivity contribution in [2.45, 2.75) is 18.6 Å². The molecule has 0 bridgehead atoms. The van der Waals surface area contributed by atoms with Crippen molar-refractivity contribution in [1.29, 1.82) is 0 Å². The van der Waals surface area contributed by atoms with Crippen LogP contribution < -0.4 is 10.1 Å². The predicted molar refractivity (Wildman–Crippen MR) is 70.6 cm³/mol. The van der Waals surface area contributed by atoms with Crippen LogP contribution >= 0.6 is 0 Å². The number of nitrogens with one attached hydrogen (secondary N) is 1. The normalized spacial score (nSPS) is 18.7. The molecule has 0 aliphatic carbocycles. The lowest BCUT2D eigenvalue weighted by atomic mass is 9.99. The molecule has 0 amide bonds. The van der Waals surface area contributed by atoms with E-state index in [4.69, 9.17) is 4.74 Å². The number of rotatable bonds is 3. The molecule has 3 rings (SSSR count). The molecule has 1 N–H and O–H groups in total. The van der Waals surface area contributed by atoms with Gasteiger partial charge in [-0.2, -0.15) is 0 Å². The third-order valence-electron chi connectivity index (χ3n) is 3.44. The molecule has 0 fully saturated rings. The number of fused-ring (bicyclic) bond motifs is 1. The highest BCUT2D eigenvalue weighted by Gasteiger charge is 2.30. The maximum absolute atomic E-state index is 13.3. The Balaban J connectivity index is 1.86. The third-order valence-corrected chi connectivity index (χ3v) is 3.44. The van der Waals surface area contributed by atoms with Crippen LogP contribution in [0.4, 0.5) is 4.39 Å². The van der Waals surface area contributed by atoms with Crippen molar-refractivity contribution in [3.63, 3.8) is 0 Å². The van der Waals surface area contributed by atoms with Crippen LogP contribution in [0.3, 0.4) is 0 Å². The van der Waals surface area contributed by atoms with Gasteiger partial charge in [0.25, 0.3) is 0 Å². The van der Waals surface area contributed by atoms with E-state index in [1.807, 2.05) is 25.2 Å². The number of benzene rings is 1. The molecule has 0 radical (unpaired) electrons. The molecule has 1 aliphatic rings. The van der Waals surface area contributed by atoms with E-state index < -0.39 is 0 Å². The van der Waals surface area contributed by atoms with Gasteiger partial charge in [-0.05, 0) is 30.3 Å². The Labute approximate surface area is 111 Å². The van der Waals surface area contributed by atoms with E-state index in [0.717, 1.165) is 17.7 Å². The van der Waals surface area contributed by atoms with Gasteiger partial charge in [0.1, 0.15) is 17.7 Å². The van der Waals surface area contributed by atoms with Crippen LogP contribution in [0.1, 0.15) is 17.2 Å². The van der Waals surface area contributed by atoms with Gasteiger partial charge in [-0.25, -0.2) is 4.39 Å². The number of halogens is 1. The van der Waals surface area contributed by atoms with Crippen LogP contribution in [-0.4, -0.2) is 18.1 Å². The van der Waals surface area contributed by atoms with Crippen LogP contribution in [-0.2, 0) is 6.42 Å². The number of aromatic nitrogens is 1. The van der Waals surface area contributed by atoms with E-state index in [9.17, 15) is 4.39 Å². The van der Waals surface area contributed by atoms with E-state index >= 15 is 0 Å². The fraction of sp³-hybridized carbons (Fsp3) is 0.267. The molecule has 3 nitrogen and oxygen atoms in total. The highest BCUT2D eigenvalue weighted by atomic mass is 19.1. The molecule has 2 aromatic rings. The van der Waals surface area contributed by atoms with E-state index in [2.05, 4.69) is 16.4 Å². The summed E-state index contributed by atoms with van der Waals surface area (Å²) in [6, 6.07) is 9.41. The van der Waals surface area contributed by atoms with Crippen LogP contribution in [0.2, 0.25) is 0 Å². The Kier molecular flexibility index (Phi) is 3.17. The van der Waals surface area contributed by atoms with E-state index in [1.165, 1.54) is 17.8 Å². The average molecular weight is 258 g/mol. The Bertz CT molecular complexity index is 563. The van der Waals surface area contributed by atoms with Crippen molar-refractivity contribution < 1.29 is 9.13 Å². The number of likely N-dealkylation sites (N-methyl/N-ethyl adjacent to an activating group) is 1. The second-order valence-corrected chi connectivity index (χ2v) is 4.67. The van der Waals surface area contributed by atoms with Gasteiger partial charge in [0.2, 0.25) is 0 Å². The Morgan fingerprint density at radius 1 is 1.37 bits per heavy atom. The summed E-state index contributed by atoms with van der Waals surface area (Å²) in [5.41, 5.74) is 2.00. The fourth-order valence-corrected chi connectivity index (χ4v) is 2.56. The van der Waals surface area contributed by atoms with Gasteiger partial charge in [-0.3, -0.25) is 4.98 Å². The summed E-state index contributed by atoms with van der Waals surface area (Å²) in [6.45, 7) is 0. The van der Waals surface area contributed by atoms with Crippen LogP contribution in [0, 0.1) is 5.82 Å². The highest BCUT2D eigenvalue weighted by Crippen LogP contribution is 2.33. The van der Waals surface area contributed by atoms with Crippen LogP contribution in [0.15, 0.2) is 42.7 Å². The summed E-state index contributed by atoms with van der Waals surface area (Å²) < 4.78 is 19.2. The van der Waals surface area contributed by atoms with Crippen molar-refractivity contribution in [2.24, 2.45) is 0 Å². The largest absolute Gasteiger partial charge is 0.488 e. The van der Waals surface area contributed by atoms with Crippen molar-refractivity contribution in [3.05, 3.63) is 59.7 Å². The molecule has 4 heteroatoms. The van der Waals surface area contributed by atoms with Gasteiger partial charge >= 0.3 is 0 Å². The predicted octanol–water partition coefficient (Wildman–Crippen LogP) is 2.48. The minimum Gasteiger partial charge on any atom is -0.488 e. The highest BCUT2D eigenvalue weighted by molar-refractivity contribution is 5.38. The average Bonchev–Trinajstić information content (AvgIpc) is 2.83. The number of ether oxygens (including phenoxy) is 1. The zero-order valence-electron chi connectivity index (χ0n) is 10.6. The van der Waals surface area contributed by atoms with Crippen LogP contribution in [0.25, 0.3) is 0 Å². The molecule has 2 heterocycles. The van der Waals surface area contributed by atoms with Crippen molar-refractivity contribution in [3.8, 4) is 5.75 Å². The van der Waals surface area contributed by atoms with E-state index in [0.29, 0.717) is 0 Å².